The van der Waals surface area contributed by atoms with Crippen molar-refractivity contribution in [3.8, 4) is 5.75 Å². The molecule has 1 unspecified atom stereocenters. The number of hydrogen-bond acceptors (Lipinski definition) is 7. The van der Waals surface area contributed by atoms with Crippen molar-refractivity contribution < 1.29 is 17.9 Å². The lowest BCUT2D eigenvalue weighted by Crippen LogP contribution is -2.43. The number of carbonyl (C=O) groups excluding carboxylic acids is 1. The number of ether oxygens (including phenoxy) is 1. The third kappa shape index (κ3) is 6.03. The van der Waals surface area contributed by atoms with E-state index in [0.717, 1.165) is 49.0 Å². The lowest BCUT2D eigenvalue weighted by molar-refractivity contribution is 0.0983. The van der Waals surface area contributed by atoms with Gasteiger partial charge in [-0.15, -0.1) is 0 Å². The molecule has 2 heterocycles. The number of nitrogens with zero attached hydrogens (tertiary/aromatic N) is 4. The number of likely N-dealkylation sites (N-methyl/N-ethyl adjacent to an activating group) is 1. The second-order valence-corrected chi connectivity index (χ2v) is 12.4. The number of anilines is 1. The average Bonchev–Trinajstić information content (AvgIpc) is 3.38. The minimum atomic E-state index is -3.61. The van der Waals surface area contributed by atoms with Crippen LogP contribution >= 0.6 is 11.3 Å². The van der Waals surface area contributed by atoms with Crippen molar-refractivity contribution in [2.75, 3.05) is 44.7 Å². The minimum Gasteiger partial charge on any atom is -0.497 e. The van der Waals surface area contributed by atoms with Crippen LogP contribution < -0.4 is 9.64 Å². The Bertz CT molecular complexity index is 1340. The van der Waals surface area contributed by atoms with Crippen molar-refractivity contribution in [2.24, 2.45) is 0 Å². The molecule has 2 aromatic carbocycles. The Hall–Kier alpha value is -2.53. The highest BCUT2D eigenvalue weighted by Gasteiger charge is 2.32. The lowest BCUT2D eigenvalue weighted by Gasteiger charge is -2.34. The van der Waals surface area contributed by atoms with E-state index < -0.39 is 10.0 Å². The van der Waals surface area contributed by atoms with E-state index in [4.69, 9.17) is 9.72 Å². The summed E-state index contributed by atoms with van der Waals surface area (Å²) in [6.45, 7) is 9.73. The molecule has 1 saturated heterocycles. The van der Waals surface area contributed by atoms with Crippen LogP contribution in [0.3, 0.4) is 0 Å². The van der Waals surface area contributed by atoms with Crippen LogP contribution in [-0.4, -0.2) is 74.4 Å². The van der Waals surface area contributed by atoms with Crippen molar-refractivity contribution in [2.45, 2.75) is 57.4 Å². The Balaban J connectivity index is 1.62. The molecule has 1 fully saturated rings. The molecule has 1 aliphatic rings. The van der Waals surface area contributed by atoms with Crippen molar-refractivity contribution >= 4 is 42.6 Å². The largest absolute Gasteiger partial charge is 0.497 e. The molecule has 0 saturated carbocycles. The number of rotatable bonds is 11. The summed E-state index contributed by atoms with van der Waals surface area (Å²) in [6, 6.07) is 12.1. The molecule has 0 aliphatic carbocycles. The summed E-state index contributed by atoms with van der Waals surface area (Å²) < 4.78 is 34.7. The molecule has 1 aliphatic heterocycles. The first-order valence-electron chi connectivity index (χ1n) is 13.4. The van der Waals surface area contributed by atoms with Gasteiger partial charge >= 0.3 is 0 Å². The molecule has 4 rings (SSSR count). The molecule has 0 radical (unpaired) electrons. The summed E-state index contributed by atoms with van der Waals surface area (Å²) in [5, 5.41) is 0.612. The topological polar surface area (TPSA) is 83.1 Å². The summed E-state index contributed by atoms with van der Waals surface area (Å²) in [4.78, 5) is 22.7. The quantitative estimate of drug-likeness (QED) is 0.320. The van der Waals surface area contributed by atoms with Crippen LogP contribution in [0.15, 0.2) is 47.4 Å². The molecule has 0 bridgehead atoms. The number of thiazole rings is 1. The Morgan fingerprint density at radius 1 is 1.08 bits per heavy atom. The maximum atomic E-state index is 13.8. The highest BCUT2D eigenvalue weighted by molar-refractivity contribution is 7.89. The highest BCUT2D eigenvalue weighted by Crippen LogP contribution is 2.32. The van der Waals surface area contributed by atoms with Crippen molar-refractivity contribution in [3.63, 3.8) is 0 Å². The van der Waals surface area contributed by atoms with Gasteiger partial charge in [0, 0.05) is 37.3 Å². The van der Waals surface area contributed by atoms with Crippen LogP contribution in [0.25, 0.3) is 10.2 Å². The molecule has 206 valence electrons. The van der Waals surface area contributed by atoms with E-state index in [1.807, 2.05) is 25.1 Å². The van der Waals surface area contributed by atoms with E-state index in [2.05, 4.69) is 18.7 Å². The van der Waals surface area contributed by atoms with Gasteiger partial charge in [0.1, 0.15) is 5.75 Å². The third-order valence-corrected chi connectivity index (χ3v) is 10.4. The third-order valence-electron chi connectivity index (χ3n) is 7.35. The zero-order chi connectivity index (χ0) is 27.3. The summed E-state index contributed by atoms with van der Waals surface area (Å²) >= 11 is 1.46. The molecule has 0 N–H and O–H groups in total. The lowest BCUT2D eigenvalue weighted by atomic mass is 10.0. The van der Waals surface area contributed by atoms with Crippen LogP contribution in [0.1, 0.15) is 56.8 Å². The van der Waals surface area contributed by atoms with Crippen LogP contribution in [0.5, 0.6) is 5.75 Å². The number of carbonyl (C=O) groups is 1. The predicted molar refractivity (Wildman–Crippen MR) is 154 cm³/mol. The summed E-state index contributed by atoms with van der Waals surface area (Å²) in [5.74, 6) is 0.516. The smallest absolute Gasteiger partial charge is 0.260 e. The molecule has 8 nitrogen and oxygen atoms in total. The van der Waals surface area contributed by atoms with Gasteiger partial charge in [0.05, 0.1) is 22.2 Å². The zero-order valence-corrected chi connectivity index (χ0v) is 24.4. The molecule has 0 spiro atoms. The SMILES string of the molecule is CCC1CCCCN1S(=O)(=O)c1ccc(C(=O)N(CCN(CC)CC)c2nc3cc(OC)ccc3s2)cc1. The van der Waals surface area contributed by atoms with E-state index in [9.17, 15) is 13.2 Å². The number of benzene rings is 2. The number of amides is 1. The van der Waals surface area contributed by atoms with E-state index in [1.54, 1.807) is 40.6 Å². The molecule has 1 atom stereocenters. The fourth-order valence-electron chi connectivity index (χ4n) is 4.96. The van der Waals surface area contributed by atoms with Gasteiger partial charge in [0.15, 0.2) is 5.13 Å². The standard InChI is InChI=1S/C28H38N4O4S2/c1-5-22-10-8-9-17-32(22)38(34,35)24-14-11-21(12-15-24)27(33)31(19-18-30(6-2)7-3)28-29-25-20-23(36-4)13-16-26(25)37-28/h11-16,20,22H,5-10,17-19H2,1-4H3. The fraction of sp³-hybridized carbons (Fsp3) is 0.500. The van der Waals surface area contributed by atoms with Crippen LogP contribution in [0.2, 0.25) is 0 Å². The first-order chi connectivity index (χ1) is 18.3. The minimum absolute atomic E-state index is 0.0308. The molecule has 10 heteroatoms. The van der Waals surface area contributed by atoms with E-state index in [-0.39, 0.29) is 16.8 Å². The summed E-state index contributed by atoms with van der Waals surface area (Å²) in [7, 11) is -1.99. The van der Waals surface area contributed by atoms with Gasteiger partial charge in [-0.1, -0.05) is 38.5 Å². The number of fused-ring (bicyclic) bond motifs is 1. The molecule has 1 amide bonds. The number of hydrogen-bond donors (Lipinski definition) is 0. The Morgan fingerprint density at radius 2 is 1.82 bits per heavy atom. The zero-order valence-electron chi connectivity index (χ0n) is 22.7. The Morgan fingerprint density at radius 3 is 2.47 bits per heavy atom. The molecular weight excluding hydrogens is 520 g/mol. The summed E-state index contributed by atoms with van der Waals surface area (Å²) in [6.07, 6.45) is 3.62. The molecule has 1 aromatic heterocycles. The van der Waals surface area contributed by atoms with Crippen LogP contribution in [0, 0.1) is 0 Å². The monoisotopic (exact) mass is 558 g/mol. The fourth-order valence-corrected chi connectivity index (χ4v) is 7.70. The van der Waals surface area contributed by atoms with Gasteiger partial charge in [-0.2, -0.15) is 4.31 Å². The maximum Gasteiger partial charge on any atom is 0.260 e. The number of piperidine rings is 1. The van der Waals surface area contributed by atoms with Gasteiger partial charge in [-0.25, -0.2) is 13.4 Å². The van der Waals surface area contributed by atoms with Gasteiger partial charge < -0.3 is 9.64 Å². The number of sulfonamides is 1. The first kappa shape index (κ1) is 28.5. The van der Waals surface area contributed by atoms with Crippen molar-refractivity contribution in [1.82, 2.24) is 14.2 Å². The Kier molecular flexibility index (Phi) is 9.40. The van der Waals surface area contributed by atoms with E-state index in [1.165, 1.54) is 11.3 Å². The Labute approximate surface area is 230 Å². The van der Waals surface area contributed by atoms with Gasteiger partial charge in [0.2, 0.25) is 10.0 Å². The second kappa shape index (κ2) is 12.5. The number of methoxy groups -OCH3 is 1. The normalized spacial score (nSPS) is 16.7. The molecule has 3 aromatic rings. The van der Waals surface area contributed by atoms with Gasteiger partial charge in [-0.3, -0.25) is 9.69 Å². The molecule has 38 heavy (non-hydrogen) atoms. The van der Waals surface area contributed by atoms with Gasteiger partial charge in [0.25, 0.3) is 5.91 Å². The average molecular weight is 559 g/mol. The molecular formula is C28H38N4O4S2. The predicted octanol–water partition coefficient (Wildman–Crippen LogP) is 5.25. The first-order valence-corrected chi connectivity index (χ1v) is 15.7. The van der Waals surface area contributed by atoms with E-state index in [0.29, 0.717) is 36.1 Å². The van der Waals surface area contributed by atoms with Crippen LogP contribution in [-0.2, 0) is 10.0 Å². The van der Waals surface area contributed by atoms with Crippen LogP contribution in [0.4, 0.5) is 5.13 Å². The maximum absolute atomic E-state index is 13.8. The van der Waals surface area contributed by atoms with Crippen molar-refractivity contribution in [1.29, 1.82) is 0 Å². The number of aromatic nitrogens is 1. The van der Waals surface area contributed by atoms with Crippen molar-refractivity contribution in [3.05, 3.63) is 48.0 Å². The van der Waals surface area contributed by atoms with Gasteiger partial charge in [-0.05, 0) is 68.8 Å². The van der Waals surface area contributed by atoms with E-state index >= 15 is 0 Å². The summed E-state index contributed by atoms with van der Waals surface area (Å²) in [5.41, 5.74) is 1.21. The second-order valence-electron chi connectivity index (χ2n) is 9.51. The highest BCUT2D eigenvalue weighted by atomic mass is 32.2.